The van der Waals surface area contributed by atoms with Gasteiger partial charge in [-0.05, 0) is 83.6 Å². The summed E-state index contributed by atoms with van der Waals surface area (Å²) >= 11 is 0. The van der Waals surface area contributed by atoms with Crippen LogP contribution in [0.4, 0.5) is 34.1 Å². The first-order chi connectivity index (χ1) is 32.8. The average molecular weight is 839 g/mol. The summed E-state index contributed by atoms with van der Waals surface area (Å²) in [6.07, 6.45) is 0. The molecule has 15 aromatic rings. The lowest BCUT2D eigenvalue weighted by atomic mass is 9.99. The second-order valence-corrected chi connectivity index (χ2v) is 17.6. The molecule has 0 bridgehead atoms. The van der Waals surface area contributed by atoms with E-state index in [0.29, 0.717) is 0 Å². The molecular formula is C62H38N4. The lowest BCUT2D eigenvalue weighted by Crippen LogP contribution is -2.11. The molecule has 0 saturated heterocycles. The second kappa shape index (κ2) is 13.3. The van der Waals surface area contributed by atoms with Crippen molar-refractivity contribution < 1.29 is 0 Å². The molecule has 0 amide bonds. The summed E-state index contributed by atoms with van der Waals surface area (Å²) in [5, 5.41) is 15.0. The Hall–Kier alpha value is -8.86. The average Bonchev–Trinajstić information content (AvgIpc) is 4.11. The lowest BCUT2D eigenvalue weighted by Gasteiger charge is -2.28. The van der Waals surface area contributed by atoms with Gasteiger partial charge in [0, 0.05) is 76.6 Å². The summed E-state index contributed by atoms with van der Waals surface area (Å²) in [6, 6.07) is 84.7. The van der Waals surface area contributed by atoms with Crippen LogP contribution in [0.1, 0.15) is 0 Å². The zero-order chi connectivity index (χ0) is 43.0. The summed E-state index contributed by atoms with van der Waals surface area (Å²) in [5.74, 6) is 0. The number of benzene rings is 11. The zero-order valence-corrected chi connectivity index (χ0v) is 35.7. The van der Waals surface area contributed by atoms with Gasteiger partial charge in [0.2, 0.25) is 0 Å². The van der Waals surface area contributed by atoms with Crippen molar-refractivity contribution in [2.24, 2.45) is 0 Å². The van der Waals surface area contributed by atoms with E-state index >= 15 is 0 Å². The first-order valence-electron chi connectivity index (χ1n) is 22.8. The zero-order valence-electron chi connectivity index (χ0n) is 35.7. The van der Waals surface area contributed by atoms with Crippen molar-refractivity contribution in [3.8, 4) is 0 Å². The third-order valence-corrected chi connectivity index (χ3v) is 14.2. The molecule has 4 aromatic heterocycles. The smallest absolute Gasteiger partial charge is 0.0789 e. The molecule has 0 aliphatic rings. The molecule has 306 valence electrons. The van der Waals surface area contributed by atoms with Gasteiger partial charge in [-0.2, -0.15) is 0 Å². The molecule has 0 saturated carbocycles. The molecular weight excluding hydrogens is 801 g/mol. The molecule has 0 atom stereocenters. The van der Waals surface area contributed by atoms with Crippen LogP contribution in [-0.4, -0.2) is 8.80 Å². The van der Waals surface area contributed by atoms with Gasteiger partial charge in [-0.1, -0.05) is 158 Å². The standard InChI is InChI=1S/C62H38N4/c1-5-21-41(22-6-1)63(42-23-7-2-8-24-42)59-45-29-15-13-19-39(45)37-51-47-31-17-33-49-55-53(65(57(47)49)61(51)59)35-36-54-56(55)50-34-18-32-48-52-38-40-20-14-16-30-46(40)60(62(52)66(54)58(48)50)64(43-25-9-3-10-26-43)44-27-11-4-12-28-44/h1-38H. The predicted molar refractivity (Wildman–Crippen MR) is 280 cm³/mol. The first-order valence-corrected chi connectivity index (χ1v) is 22.8. The highest BCUT2D eigenvalue weighted by Crippen LogP contribution is 2.53. The van der Waals surface area contributed by atoms with Crippen LogP contribution in [0.25, 0.3) is 97.7 Å². The van der Waals surface area contributed by atoms with Gasteiger partial charge in [0.25, 0.3) is 0 Å². The number of aromatic nitrogens is 2. The van der Waals surface area contributed by atoms with E-state index in [2.05, 4.69) is 249 Å². The fourth-order valence-electron chi connectivity index (χ4n) is 11.7. The van der Waals surface area contributed by atoms with E-state index in [1.165, 1.54) is 109 Å². The number of hydrogen-bond acceptors (Lipinski definition) is 2. The second-order valence-electron chi connectivity index (χ2n) is 17.6. The van der Waals surface area contributed by atoms with Gasteiger partial charge < -0.3 is 18.6 Å². The van der Waals surface area contributed by atoms with Crippen LogP contribution in [0.2, 0.25) is 0 Å². The third-order valence-electron chi connectivity index (χ3n) is 14.2. The summed E-state index contributed by atoms with van der Waals surface area (Å²) in [4.78, 5) is 4.93. The van der Waals surface area contributed by atoms with E-state index in [0.717, 1.165) is 22.7 Å². The van der Waals surface area contributed by atoms with Crippen molar-refractivity contribution in [3.63, 3.8) is 0 Å². The number of anilines is 6. The molecule has 0 spiro atoms. The molecule has 4 heterocycles. The Morgan fingerprint density at radius 2 is 0.561 bits per heavy atom. The number of para-hydroxylation sites is 6. The molecule has 0 N–H and O–H groups in total. The summed E-state index contributed by atoms with van der Waals surface area (Å²) in [6.45, 7) is 0. The van der Waals surface area contributed by atoms with E-state index in [-0.39, 0.29) is 0 Å². The van der Waals surface area contributed by atoms with Crippen molar-refractivity contribution in [3.05, 3.63) is 231 Å². The topological polar surface area (TPSA) is 15.3 Å². The highest BCUT2D eigenvalue weighted by atomic mass is 15.2. The maximum atomic E-state index is 2.59. The summed E-state index contributed by atoms with van der Waals surface area (Å²) in [7, 11) is 0. The van der Waals surface area contributed by atoms with Crippen LogP contribution in [0.3, 0.4) is 0 Å². The Balaban J connectivity index is 1.13. The quantitative estimate of drug-likeness (QED) is 0.166. The van der Waals surface area contributed by atoms with Crippen molar-refractivity contribution in [1.29, 1.82) is 0 Å². The Kier molecular flexibility index (Phi) is 7.19. The van der Waals surface area contributed by atoms with Gasteiger partial charge in [-0.25, -0.2) is 0 Å². The highest BCUT2D eigenvalue weighted by Gasteiger charge is 2.30. The van der Waals surface area contributed by atoms with Gasteiger partial charge in [0.1, 0.15) is 0 Å². The van der Waals surface area contributed by atoms with E-state index in [4.69, 9.17) is 0 Å². The Labute approximate surface area is 379 Å². The minimum atomic E-state index is 1.12. The van der Waals surface area contributed by atoms with Crippen molar-refractivity contribution >= 4 is 132 Å². The fourth-order valence-corrected chi connectivity index (χ4v) is 11.7. The molecule has 0 aliphatic carbocycles. The normalized spacial score (nSPS) is 12.2. The van der Waals surface area contributed by atoms with Crippen LogP contribution >= 0.6 is 0 Å². The molecule has 66 heavy (non-hydrogen) atoms. The molecule has 4 heteroatoms. The molecule has 0 fully saturated rings. The van der Waals surface area contributed by atoms with E-state index < -0.39 is 0 Å². The van der Waals surface area contributed by atoms with Crippen molar-refractivity contribution in [1.82, 2.24) is 8.80 Å². The van der Waals surface area contributed by atoms with E-state index in [1.807, 2.05) is 0 Å². The Bertz CT molecular complexity index is 4020. The summed E-state index contributed by atoms with van der Waals surface area (Å²) in [5.41, 5.74) is 14.2. The van der Waals surface area contributed by atoms with E-state index in [9.17, 15) is 0 Å². The predicted octanol–water partition coefficient (Wildman–Crippen LogP) is 17.2. The SMILES string of the molecule is c1ccc(N(c2ccccc2)c2c3ccccc3cc3c4cccc5c6c7c8cccc9c%10cc%11ccccc%11c(N(c%11ccccc%11)c%11ccccc%11)c%10n(c7ccc6n(c23)c45)c98)cc1. The molecule has 0 aliphatic heterocycles. The number of fused-ring (bicyclic) bond motifs is 15. The first kappa shape index (κ1) is 35.6. The maximum Gasteiger partial charge on any atom is 0.0789 e. The van der Waals surface area contributed by atoms with Gasteiger partial charge in [0.15, 0.2) is 0 Å². The monoisotopic (exact) mass is 838 g/mol. The minimum Gasteiger partial charge on any atom is -0.308 e. The molecule has 11 aromatic carbocycles. The third kappa shape index (κ3) is 4.66. The van der Waals surface area contributed by atoms with Gasteiger partial charge in [-0.15, -0.1) is 0 Å². The van der Waals surface area contributed by atoms with Crippen LogP contribution in [0.15, 0.2) is 231 Å². The highest BCUT2D eigenvalue weighted by molar-refractivity contribution is 6.38. The van der Waals surface area contributed by atoms with Crippen molar-refractivity contribution in [2.45, 2.75) is 0 Å². The number of hydrogen-bond donors (Lipinski definition) is 0. The van der Waals surface area contributed by atoms with Gasteiger partial charge in [0.05, 0.1) is 44.5 Å². The van der Waals surface area contributed by atoms with Crippen LogP contribution < -0.4 is 9.80 Å². The maximum absolute atomic E-state index is 2.59. The van der Waals surface area contributed by atoms with Gasteiger partial charge >= 0.3 is 0 Å². The fraction of sp³-hybridized carbons (Fsp3) is 0. The van der Waals surface area contributed by atoms with Crippen LogP contribution in [-0.2, 0) is 0 Å². The lowest BCUT2D eigenvalue weighted by molar-refractivity contribution is 1.28. The number of rotatable bonds is 6. The Morgan fingerprint density at radius 1 is 0.242 bits per heavy atom. The number of nitrogens with zero attached hydrogens (tertiary/aromatic N) is 4. The van der Waals surface area contributed by atoms with Gasteiger partial charge in [-0.3, -0.25) is 0 Å². The van der Waals surface area contributed by atoms with Crippen molar-refractivity contribution in [2.75, 3.05) is 9.80 Å². The molecule has 0 unspecified atom stereocenters. The van der Waals surface area contributed by atoms with Crippen LogP contribution in [0, 0.1) is 0 Å². The van der Waals surface area contributed by atoms with Crippen LogP contribution in [0.5, 0.6) is 0 Å². The summed E-state index contributed by atoms with van der Waals surface area (Å²) < 4.78 is 5.18. The largest absolute Gasteiger partial charge is 0.308 e. The van der Waals surface area contributed by atoms with E-state index in [1.54, 1.807) is 0 Å². The molecule has 15 rings (SSSR count). The minimum absolute atomic E-state index is 1.12. The molecule has 4 nitrogen and oxygen atoms in total. The molecule has 0 radical (unpaired) electrons. The Morgan fingerprint density at radius 3 is 0.939 bits per heavy atom.